The smallest absolute Gasteiger partial charge is 1.00 e. The van der Waals surface area contributed by atoms with Crippen LogP contribution in [0.25, 0.3) is 101 Å². The van der Waals surface area contributed by atoms with Crippen LogP contribution in [0.3, 0.4) is 0 Å². The second kappa shape index (κ2) is 35.8. The van der Waals surface area contributed by atoms with Gasteiger partial charge in [-0.15, -0.1) is 0 Å². The van der Waals surface area contributed by atoms with Crippen LogP contribution in [0.4, 0.5) is 11.4 Å². The van der Waals surface area contributed by atoms with Crippen LogP contribution in [0.2, 0.25) is 10.0 Å². The maximum Gasteiger partial charge on any atom is 3.00 e. The van der Waals surface area contributed by atoms with Gasteiger partial charge in [-0.2, -0.15) is 0 Å². The summed E-state index contributed by atoms with van der Waals surface area (Å²) in [5.74, 6) is 1.61. The number of carbonyl (C=O) groups excluding carboxylic acids is 2. The molecule has 2 aliphatic heterocycles. The molecule has 2 aliphatic rings. The molecule has 16 nitrogen and oxygen atoms in total. The van der Waals surface area contributed by atoms with Gasteiger partial charge in [-0.3, -0.25) is 24.5 Å². The molecule has 8 bridgehead atoms. The number of nitrogens with one attached hydrogen (secondary N) is 6. The Morgan fingerprint density at radius 2 is 0.842 bits per heavy atom. The minimum absolute atomic E-state index is 0. The molecule has 0 unspecified atom stereocenters. The van der Waals surface area contributed by atoms with E-state index in [4.69, 9.17) is 42.6 Å². The third kappa shape index (κ3) is 18.8. The van der Waals surface area contributed by atoms with E-state index in [0.29, 0.717) is 49.2 Å². The summed E-state index contributed by atoms with van der Waals surface area (Å²) in [7, 11) is 4.06. The third-order valence-electron chi connectivity index (χ3n) is 17.9. The van der Waals surface area contributed by atoms with Crippen LogP contribution in [-0.4, -0.2) is 81.1 Å². The van der Waals surface area contributed by atoms with Crippen molar-refractivity contribution in [1.29, 1.82) is 0 Å². The van der Waals surface area contributed by atoms with E-state index in [1.165, 1.54) is 0 Å². The molecular weight excluding hydrogens is 1390 g/mol. The minimum atomic E-state index is 0. The first-order valence-electron chi connectivity index (χ1n) is 34.0. The molecule has 13 rings (SSSR count). The molecule has 7 aromatic heterocycles. The van der Waals surface area contributed by atoms with Crippen molar-refractivity contribution in [2.24, 2.45) is 14.1 Å². The Hall–Kier alpha value is -9.32. The van der Waals surface area contributed by atoms with Crippen molar-refractivity contribution in [2.75, 3.05) is 50.0 Å². The zero-order valence-corrected chi connectivity index (χ0v) is 60.6. The number of benzene rings is 4. The van der Waals surface area contributed by atoms with Crippen LogP contribution in [0.1, 0.15) is 87.0 Å². The molecule has 0 saturated heterocycles. The normalized spacial score (nSPS) is 11.5. The molecule has 0 fully saturated rings. The summed E-state index contributed by atoms with van der Waals surface area (Å²) in [6, 6.07) is 49.2. The fourth-order valence-electron chi connectivity index (χ4n) is 12.8. The quantitative estimate of drug-likeness (QED) is 0.0156. The zero-order valence-electron chi connectivity index (χ0n) is 56.4. The van der Waals surface area contributed by atoms with Crippen molar-refractivity contribution in [2.45, 2.75) is 77.0 Å². The summed E-state index contributed by atoms with van der Waals surface area (Å²) in [6.45, 7) is 3.81. The maximum absolute atomic E-state index is 12.8. The van der Waals surface area contributed by atoms with Crippen LogP contribution in [0.5, 0.6) is 11.5 Å². The fraction of sp³-hybridized carbons (Fsp3) is 0.250. The van der Waals surface area contributed by atoms with Gasteiger partial charge in [0, 0.05) is 152 Å². The van der Waals surface area contributed by atoms with Gasteiger partial charge < -0.3 is 65.5 Å². The number of hydrogen-bond donors (Lipinski definition) is 6. The Morgan fingerprint density at radius 3 is 1.28 bits per heavy atom. The van der Waals surface area contributed by atoms with Crippen LogP contribution < -0.4 is 64.7 Å². The van der Waals surface area contributed by atoms with Crippen molar-refractivity contribution in [1.82, 2.24) is 40.5 Å². The average molecular weight is 1470 g/mol. The molecule has 21 heteroatoms. The Kier molecular flexibility index (Phi) is 26.4. The second-order valence-electron chi connectivity index (χ2n) is 25.0. The van der Waals surface area contributed by atoms with Gasteiger partial charge >= 0.3 is 17.1 Å². The predicted octanol–water partition coefficient (Wildman–Crippen LogP) is 10.1. The molecule has 516 valence electrons. The van der Waals surface area contributed by atoms with Crippen LogP contribution in [0, 0.1) is 0 Å². The van der Waals surface area contributed by atoms with E-state index in [0.717, 1.165) is 211 Å². The van der Waals surface area contributed by atoms with E-state index >= 15 is 0 Å². The van der Waals surface area contributed by atoms with Gasteiger partial charge in [0.2, 0.25) is 11.8 Å². The van der Waals surface area contributed by atoms with E-state index < -0.39 is 0 Å². The van der Waals surface area contributed by atoms with Crippen LogP contribution in [0.15, 0.2) is 183 Å². The SMILES string of the molecule is C[n+]1ccc(-c2c3nc(c(-c4ccc(OCCCCC(=O)NCCCCNc5ccnc6cc(Cl)ccc56)cc4)c4ccc([nH]4)c(-c4ccc(OCCCCC(=O)NCCCCNc5ccnc6cc(Cl)ccc56)cc4)c4nc(c(-c5cc[n+](C)cc5)c5ccc2[nH]5)CC4)C=C3)cc1.[Cl-].[Cl-].[Mn+3]. The number of fused-ring (bicyclic) bond motifs is 10. The van der Waals surface area contributed by atoms with Crippen molar-refractivity contribution < 1.29 is 70.1 Å². The van der Waals surface area contributed by atoms with E-state index in [-0.39, 0.29) is 53.7 Å². The number of amides is 2. The third-order valence-corrected chi connectivity index (χ3v) is 18.4. The Bertz CT molecular complexity index is 4880. The minimum Gasteiger partial charge on any atom is -1.00 e. The van der Waals surface area contributed by atoms with Gasteiger partial charge in [-0.05, 0) is 196 Å². The van der Waals surface area contributed by atoms with E-state index in [9.17, 15) is 9.59 Å². The number of aromatic nitrogens is 8. The number of pyridine rings is 4. The number of H-pyrrole nitrogens is 2. The number of nitrogens with zero attached hydrogens (tertiary/aromatic N) is 6. The maximum atomic E-state index is 12.8. The molecule has 4 aromatic carbocycles. The number of rotatable bonds is 28. The monoisotopic (exact) mass is 1470 g/mol. The standard InChI is InChI=1S/C80H78Cl2N12O4.2ClH.Mn/c1-93-45-35-55(36-46-93)79-69-29-27-67(90-69)77(53-13-19-59(20-14-53)97-49-9-3-11-75(95)87-41-7-5-39-83-63-33-43-85-73-51-57(81)17-23-61(63)73)65-25-26-66(89-65)78(68-28-30-70(91-68)80(72-32-31-71(79)92-72)56-37-47-94(2)48-38-56)54-15-21-60(22-16-54)98-50-10-4-12-76(96)88-42-8-6-40-84-64-34-44-86-74-52-58(82)18-24-62(64)74;;;/h13-27,29,31-38,43-48,51-52H,3-12,28,30,39-42,49-50H2,1-2H3,(H4-,83,84,85,86,87,88,89,90,92,95,96);2*1H;/q;;;+3. The van der Waals surface area contributed by atoms with Gasteiger partial charge in [0.05, 0.1) is 47.0 Å². The van der Waals surface area contributed by atoms with E-state index in [2.05, 4.69) is 156 Å². The predicted molar refractivity (Wildman–Crippen MR) is 395 cm³/mol. The summed E-state index contributed by atoms with van der Waals surface area (Å²) in [5, 5.41) is 16.6. The van der Waals surface area contributed by atoms with E-state index in [1.807, 2.05) is 91.5 Å². The summed E-state index contributed by atoms with van der Waals surface area (Å²) >= 11 is 12.4. The average Bonchev–Trinajstić information content (AvgIpc) is 1.63. The first kappa shape index (κ1) is 74.4. The summed E-state index contributed by atoms with van der Waals surface area (Å²) in [4.78, 5) is 53.4. The van der Waals surface area contributed by atoms with Gasteiger partial charge in [0.15, 0.2) is 24.8 Å². The van der Waals surface area contributed by atoms with Crippen molar-refractivity contribution in [3.63, 3.8) is 0 Å². The number of ether oxygens (including phenoxy) is 2. The molecule has 6 N–H and O–H groups in total. The number of carbonyl (C=O) groups is 2. The molecular formula is C80H80Cl4MnN12O4+3. The molecule has 101 heavy (non-hydrogen) atoms. The second-order valence-corrected chi connectivity index (χ2v) is 25.8. The van der Waals surface area contributed by atoms with Crippen molar-refractivity contribution in [3.05, 3.63) is 216 Å². The fourth-order valence-corrected chi connectivity index (χ4v) is 13.1. The Labute approximate surface area is 621 Å². The van der Waals surface area contributed by atoms with E-state index in [1.54, 1.807) is 12.4 Å². The van der Waals surface area contributed by atoms with Crippen molar-refractivity contribution in [3.8, 4) is 56.0 Å². The summed E-state index contributed by atoms with van der Waals surface area (Å²) < 4.78 is 16.7. The molecule has 2 amide bonds. The number of aromatic amines is 2. The molecule has 0 radical (unpaired) electrons. The Balaban J connectivity index is 0.00000367. The summed E-state index contributed by atoms with van der Waals surface area (Å²) in [6.07, 6.45) is 25.0. The van der Waals surface area contributed by atoms with Gasteiger partial charge in [0.1, 0.15) is 25.6 Å². The first-order chi connectivity index (χ1) is 48.0. The largest absolute Gasteiger partial charge is 3.00 e. The zero-order chi connectivity index (χ0) is 67.2. The van der Waals surface area contributed by atoms with Crippen molar-refractivity contribution >= 4 is 102 Å². The topological polar surface area (TPSA) is 192 Å². The summed E-state index contributed by atoms with van der Waals surface area (Å²) in [5.41, 5.74) is 19.1. The Morgan fingerprint density at radius 1 is 0.455 bits per heavy atom. The number of aryl methyl sites for hydroxylation is 4. The first-order valence-corrected chi connectivity index (χ1v) is 34.7. The molecule has 0 atom stereocenters. The number of unbranched alkanes of at least 4 members (excludes halogenated alkanes) is 4. The molecule has 0 spiro atoms. The van der Waals surface area contributed by atoms with Gasteiger partial charge in [0.25, 0.3) is 0 Å². The molecule has 0 aliphatic carbocycles. The number of hydrogen-bond acceptors (Lipinski definition) is 10. The van der Waals surface area contributed by atoms with Gasteiger partial charge in [-0.25, -0.2) is 14.1 Å². The van der Waals surface area contributed by atoms with Gasteiger partial charge in [-0.1, -0.05) is 47.5 Å². The number of anilines is 2. The van der Waals surface area contributed by atoms with Crippen LogP contribution >= 0.6 is 23.2 Å². The van der Waals surface area contributed by atoms with Crippen LogP contribution in [-0.2, 0) is 53.6 Å². The number of halogens is 4. The molecule has 11 aromatic rings. The molecule has 0 saturated carbocycles. The molecule has 9 heterocycles.